The molecule has 2 rings (SSSR count). The molecule has 2 aromatic carbocycles. The van der Waals surface area contributed by atoms with Crippen molar-refractivity contribution in [3.63, 3.8) is 0 Å². The van der Waals surface area contributed by atoms with Crippen LogP contribution in [0.4, 0.5) is 17.1 Å². The van der Waals surface area contributed by atoms with Gasteiger partial charge in [0.2, 0.25) is 0 Å². The standard InChI is InChI=1S/C14H18N3/c1-9-5-7-11(15-2)13-10(9)6-8-12(16-3)14(13)17-4/h5-8,15-17H,1H2,2-4H3. The molecule has 1 radical (unpaired) electrons. The molecule has 0 saturated carbocycles. The first kappa shape index (κ1) is 11.6. The Kier molecular flexibility index (Phi) is 3.09. The van der Waals surface area contributed by atoms with Gasteiger partial charge in [0.15, 0.2) is 0 Å². The summed E-state index contributed by atoms with van der Waals surface area (Å²) in [5.74, 6) is 0. The van der Waals surface area contributed by atoms with Crippen molar-refractivity contribution in [1.29, 1.82) is 0 Å². The van der Waals surface area contributed by atoms with Crippen LogP contribution in [-0.4, -0.2) is 21.1 Å². The highest BCUT2D eigenvalue weighted by molar-refractivity contribution is 6.09. The molecule has 0 atom stereocenters. The largest absolute Gasteiger partial charge is 0.388 e. The fraction of sp³-hybridized carbons (Fsp3) is 0.214. The molecule has 2 aromatic rings. The van der Waals surface area contributed by atoms with E-state index in [9.17, 15) is 0 Å². The van der Waals surface area contributed by atoms with Crippen molar-refractivity contribution in [1.82, 2.24) is 0 Å². The van der Waals surface area contributed by atoms with Crippen LogP contribution in [0.3, 0.4) is 0 Å². The van der Waals surface area contributed by atoms with E-state index in [-0.39, 0.29) is 0 Å². The van der Waals surface area contributed by atoms with Gasteiger partial charge in [-0.15, -0.1) is 0 Å². The van der Waals surface area contributed by atoms with Gasteiger partial charge in [-0.2, -0.15) is 0 Å². The smallest absolute Gasteiger partial charge is 0.0674 e. The Hall–Kier alpha value is -1.90. The van der Waals surface area contributed by atoms with Crippen molar-refractivity contribution in [3.8, 4) is 0 Å². The normalized spacial score (nSPS) is 10.4. The monoisotopic (exact) mass is 228 g/mol. The highest BCUT2D eigenvalue weighted by Crippen LogP contribution is 2.37. The summed E-state index contributed by atoms with van der Waals surface area (Å²) < 4.78 is 0. The third kappa shape index (κ3) is 1.78. The molecule has 0 amide bonds. The Morgan fingerprint density at radius 1 is 0.824 bits per heavy atom. The molecule has 0 heterocycles. The molecule has 0 bridgehead atoms. The molecule has 0 aliphatic rings. The average molecular weight is 228 g/mol. The molecular weight excluding hydrogens is 210 g/mol. The summed E-state index contributed by atoms with van der Waals surface area (Å²) in [6.45, 7) is 4.08. The summed E-state index contributed by atoms with van der Waals surface area (Å²) >= 11 is 0. The molecular formula is C14H18N3. The van der Waals surface area contributed by atoms with Gasteiger partial charge in [-0.1, -0.05) is 12.1 Å². The molecule has 0 aliphatic heterocycles. The molecule has 17 heavy (non-hydrogen) atoms. The number of fused-ring (bicyclic) bond motifs is 1. The maximum atomic E-state index is 4.08. The van der Waals surface area contributed by atoms with E-state index < -0.39 is 0 Å². The van der Waals surface area contributed by atoms with Crippen molar-refractivity contribution in [2.24, 2.45) is 0 Å². The van der Waals surface area contributed by atoms with Gasteiger partial charge in [-0.25, -0.2) is 0 Å². The second kappa shape index (κ2) is 4.53. The predicted octanol–water partition coefficient (Wildman–Crippen LogP) is 3.15. The van der Waals surface area contributed by atoms with Crippen molar-refractivity contribution < 1.29 is 0 Å². The second-order valence-electron chi connectivity index (χ2n) is 3.93. The molecule has 89 valence electrons. The van der Waals surface area contributed by atoms with Gasteiger partial charge in [0, 0.05) is 32.2 Å². The van der Waals surface area contributed by atoms with Crippen LogP contribution in [-0.2, 0) is 0 Å². The van der Waals surface area contributed by atoms with E-state index in [2.05, 4.69) is 41.1 Å². The van der Waals surface area contributed by atoms with Gasteiger partial charge in [-0.05, 0) is 30.0 Å². The molecule has 0 aromatic heterocycles. The van der Waals surface area contributed by atoms with E-state index in [1.54, 1.807) is 0 Å². The van der Waals surface area contributed by atoms with E-state index in [0.29, 0.717) is 0 Å². The number of hydrogen-bond acceptors (Lipinski definition) is 3. The van der Waals surface area contributed by atoms with Gasteiger partial charge < -0.3 is 16.0 Å². The zero-order chi connectivity index (χ0) is 12.4. The molecule has 0 spiro atoms. The minimum Gasteiger partial charge on any atom is -0.388 e. The van der Waals surface area contributed by atoms with Crippen LogP contribution in [0.2, 0.25) is 0 Å². The van der Waals surface area contributed by atoms with Gasteiger partial charge in [0.05, 0.1) is 11.4 Å². The fourth-order valence-electron chi connectivity index (χ4n) is 2.18. The Bertz CT molecular complexity index is 547. The minimum atomic E-state index is 1.04. The number of hydrogen-bond donors (Lipinski definition) is 3. The van der Waals surface area contributed by atoms with Crippen LogP contribution in [0.1, 0.15) is 5.56 Å². The first-order valence-corrected chi connectivity index (χ1v) is 5.67. The summed E-state index contributed by atoms with van der Waals surface area (Å²) in [4.78, 5) is 0. The Balaban J connectivity index is 2.89. The van der Waals surface area contributed by atoms with Gasteiger partial charge >= 0.3 is 0 Å². The average Bonchev–Trinajstić information content (AvgIpc) is 2.38. The number of rotatable bonds is 3. The zero-order valence-electron chi connectivity index (χ0n) is 10.5. The summed E-state index contributed by atoms with van der Waals surface area (Å²) in [6, 6.07) is 8.27. The van der Waals surface area contributed by atoms with Gasteiger partial charge in [0.1, 0.15) is 0 Å². The van der Waals surface area contributed by atoms with Crippen molar-refractivity contribution in [2.75, 3.05) is 37.1 Å². The highest BCUT2D eigenvalue weighted by Gasteiger charge is 2.10. The van der Waals surface area contributed by atoms with Crippen molar-refractivity contribution >= 4 is 27.8 Å². The van der Waals surface area contributed by atoms with Crippen LogP contribution in [0, 0.1) is 6.92 Å². The van der Waals surface area contributed by atoms with Crippen molar-refractivity contribution in [3.05, 3.63) is 36.8 Å². The van der Waals surface area contributed by atoms with Crippen LogP contribution < -0.4 is 16.0 Å². The first-order valence-electron chi connectivity index (χ1n) is 5.67. The summed E-state index contributed by atoms with van der Waals surface area (Å²) in [7, 11) is 5.79. The zero-order valence-corrected chi connectivity index (χ0v) is 10.5. The van der Waals surface area contributed by atoms with E-state index in [1.165, 1.54) is 10.8 Å². The van der Waals surface area contributed by atoms with Crippen LogP contribution >= 0.6 is 0 Å². The maximum absolute atomic E-state index is 4.08. The molecule has 3 N–H and O–H groups in total. The maximum Gasteiger partial charge on any atom is 0.0674 e. The highest BCUT2D eigenvalue weighted by atomic mass is 14.9. The molecule has 0 fully saturated rings. The minimum absolute atomic E-state index is 1.04. The van der Waals surface area contributed by atoms with Crippen LogP contribution in [0.5, 0.6) is 0 Å². The Labute approximate surface area is 102 Å². The summed E-state index contributed by atoms with van der Waals surface area (Å²) in [5, 5.41) is 12.0. The SMILES string of the molecule is [CH2]c1ccc(NC)c2c(NC)c(NC)ccc12. The van der Waals surface area contributed by atoms with Gasteiger partial charge in [0.25, 0.3) is 0 Å². The lowest BCUT2D eigenvalue weighted by Crippen LogP contribution is -2.00. The number of nitrogens with one attached hydrogen (secondary N) is 3. The first-order chi connectivity index (χ1) is 8.22. The lowest BCUT2D eigenvalue weighted by molar-refractivity contribution is 1.46. The third-order valence-electron chi connectivity index (χ3n) is 3.06. The summed E-state index contributed by atoms with van der Waals surface area (Å²) in [6.07, 6.45) is 0. The molecule has 0 unspecified atom stereocenters. The Morgan fingerprint density at radius 3 is 2.06 bits per heavy atom. The lowest BCUT2D eigenvalue weighted by atomic mass is 10.0. The van der Waals surface area contributed by atoms with Gasteiger partial charge in [-0.3, -0.25) is 0 Å². The molecule has 0 aliphatic carbocycles. The fourth-order valence-corrected chi connectivity index (χ4v) is 2.18. The molecule has 3 heteroatoms. The number of anilines is 3. The molecule has 0 saturated heterocycles. The van der Waals surface area contributed by atoms with Crippen molar-refractivity contribution in [2.45, 2.75) is 0 Å². The molecule has 3 nitrogen and oxygen atoms in total. The number of benzene rings is 2. The van der Waals surface area contributed by atoms with Crippen LogP contribution in [0.15, 0.2) is 24.3 Å². The van der Waals surface area contributed by atoms with E-state index in [1.807, 2.05) is 27.2 Å². The second-order valence-corrected chi connectivity index (χ2v) is 3.93. The Morgan fingerprint density at radius 2 is 1.47 bits per heavy atom. The quantitative estimate of drug-likeness (QED) is 0.755. The third-order valence-corrected chi connectivity index (χ3v) is 3.06. The van der Waals surface area contributed by atoms with E-state index in [4.69, 9.17) is 0 Å². The van der Waals surface area contributed by atoms with E-state index >= 15 is 0 Å². The van der Waals surface area contributed by atoms with E-state index in [0.717, 1.165) is 22.6 Å². The van der Waals surface area contributed by atoms with Crippen LogP contribution in [0.25, 0.3) is 10.8 Å². The lowest BCUT2D eigenvalue weighted by Gasteiger charge is -2.16. The summed E-state index contributed by atoms with van der Waals surface area (Å²) in [5.41, 5.74) is 4.33. The predicted molar refractivity (Wildman–Crippen MR) is 77.0 cm³/mol. The topological polar surface area (TPSA) is 36.1 Å².